The van der Waals surface area contributed by atoms with Gasteiger partial charge in [-0.25, -0.2) is 4.39 Å². The number of nitrogens with two attached hydrogens (primary N) is 1. The van der Waals surface area contributed by atoms with Crippen LogP contribution in [0.5, 0.6) is 11.5 Å². The van der Waals surface area contributed by atoms with Gasteiger partial charge in [0.1, 0.15) is 5.82 Å². The zero-order chi connectivity index (χ0) is 10.0. The number of benzene rings is 1. The van der Waals surface area contributed by atoms with Crippen LogP contribution in [-0.4, -0.2) is 12.2 Å². The van der Waals surface area contributed by atoms with Gasteiger partial charge in [0, 0.05) is 18.2 Å². The van der Waals surface area contributed by atoms with Crippen LogP contribution in [0.25, 0.3) is 0 Å². The maximum Gasteiger partial charge on any atom is 0.165 e. The lowest BCUT2D eigenvalue weighted by Gasteiger charge is -2.09. The fourth-order valence-electron chi connectivity index (χ4n) is 0.986. The van der Waals surface area contributed by atoms with E-state index in [0.29, 0.717) is 0 Å². The van der Waals surface area contributed by atoms with Gasteiger partial charge in [0.15, 0.2) is 11.5 Å². The van der Waals surface area contributed by atoms with Crippen molar-refractivity contribution in [3.05, 3.63) is 22.5 Å². The van der Waals surface area contributed by atoms with Crippen LogP contribution in [0.3, 0.4) is 0 Å². The molecule has 1 rings (SSSR count). The van der Waals surface area contributed by atoms with Gasteiger partial charge < -0.3 is 15.6 Å². The highest BCUT2D eigenvalue weighted by Gasteiger charge is 2.15. The largest absolute Gasteiger partial charge is 0.504 e. The average molecular weight is 206 g/mol. The van der Waals surface area contributed by atoms with Gasteiger partial charge in [0.2, 0.25) is 0 Å². The summed E-state index contributed by atoms with van der Waals surface area (Å²) >= 11 is 5.53. The molecule has 72 valence electrons. The number of ether oxygens (including phenoxy) is 1. The number of aromatic hydroxyl groups is 1. The Hall–Kier alpha value is -1.00. The maximum atomic E-state index is 13.2. The van der Waals surface area contributed by atoms with Crippen molar-refractivity contribution in [2.75, 3.05) is 7.11 Å². The van der Waals surface area contributed by atoms with E-state index in [1.165, 1.54) is 13.2 Å². The zero-order valence-electron chi connectivity index (χ0n) is 6.97. The van der Waals surface area contributed by atoms with E-state index < -0.39 is 5.82 Å². The normalized spacial score (nSPS) is 10.2. The topological polar surface area (TPSA) is 55.5 Å². The number of phenols is 1. The quantitative estimate of drug-likeness (QED) is 0.772. The summed E-state index contributed by atoms with van der Waals surface area (Å²) in [6.07, 6.45) is 0. The Bertz CT molecular complexity index is 330. The molecule has 0 aromatic heterocycles. The molecule has 0 spiro atoms. The maximum absolute atomic E-state index is 13.2. The Kier molecular flexibility index (Phi) is 2.95. The van der Waals surface area contributed by atoms with E-state index in [-0.39, 0.29) is 28.6 Å². The molecule has 13 heavy (non-hydrogen) atoms. The molecule has 0 aliphatic heterocycles. The molecule has 0 saturated carbocycles. The third-order valence-corrected chi connectivity index (χ3v) is 1.95. The number of hydrogen-bond acceptors (Lipinski definition) is 3. The monoisotopic (exact) mass is 205 g/mol. The summed E-state index contributed by atoms with van der Waals surface area (Å²) in [4.78, 5) is 0. The van der Waals surface area contributed by atoms with Crippen molar-refractivity contribution in [3.63, 3.8) is 0 Å². The Labute approximate surface area is 79.9 Å². The summed E-state index contributed by atoms with van der Waals surface area (Å²) in [5, 5.41) is 9.27. The van der Waals surface area contributed by atoms with Crippen molar-refractivity contribution in [2.45, 2.75) is 6.54 Å². The van der Waals surface area contributed by atoms with Crippen LogP contribution < -0.4 is 10.5 Å². The van der Waals surface area contributed by atoms with E-state index in [0.717, 1.165) is 0 Å². The number of hydrogen-bond donors (Lipinski definition) is 2. The van der Waals surface area contributed by atoms with Crippen LogP contribution in [0.15, 0.2) is 6.07 Å². The SMILES string of the molecule is COc1cc(Cl)c(F)c(CN)c1O. The number of methoxy groups -OCH3 is 1. The highest BCUT2D eigenvalue weighted by Crippen LogP contribution is 2.35. The van der Waals surface area contributed by atoms with Crippen molar-refractivity contribution in [1.82, 2.24) is 0 Å². The molecule has 5 heteroatoms. The highest BCUT2D eigenvalue weighted by atomic mass is 35.5. The van der Waals surface area contributed by atoms with E-state index >= 15 is 0 Å². The molecule has 0 aliphatic rings. The molecular formula is C8H9ClFNO2. The van der Waals surface area contributed by atoms with E-state index in [1.807, 2.05) is 0 Å². The summed E-state index contributed by atoms with van der Waals surface area (Å²) in [7, 11) is 1.35. The lowest BCUT2D eigenvalue weighted by atomic mass is 10.1. The van der Waals surface area contributed by atoms with Gasteiger partial charge in [-0.3, -0.25) is 0 Å². The molecule has 0 saturated heterocycles. The predicted octanol–water partition coefficient (Wildman–Crippen LogP) is 1.65. The first-order valence-corrected chi connectivity index (χ1v) is 3.93. The van der Waals surface area contributed by atoms with E-state index in [4.69, 9.17) is 22.1 Å². The van der Waals surface area contributed by atoms with Crippen molar-refractivity contribution in [2.24, 2.45) is 5.73 Å². The molecule has 1 aromatic rings. The summed E-state index contributed by atoms with van der Waals surface area (Å²) in [5.41, 5.74) is 5.19. The summed E-state index contributed by atoms with van der Waals surface area (Å²) in [6, 6.07) is 1.20. The molecular weight excluding hydrogens is 197 g/mol. The van der Waals surface area contributed by atoms with Gasteiger partial charge in [-0.2, -0.15) is 0 Å². The van der Waals surface area contributed by atoms with Gasteiger partial charge in [0.25, 0.3) is 0 Å². The molecule has 0 amide bonds. The van der Waals surface area contributed by atoms with Crippen molar-refractivity contribution >= 4 is 11.6 Å². The second-order valence-electron chi connectivity index (χ2n) is 2.41. The zero-order valence-corrected chi connectivity index (χ0v) is 7.73. The van der Waals surface area contributed by atoms with Gasteiger partial charge >= 0.3 is 0 Å². The van der Waals surface area contributed by atoms with E-state index in [2.05, 4.69) is 0 Å². The average Bonchev–Trinajstić information content (AvgIpc) is 2.12. The third-order valence-electron chi connectivity index (χ3n) is 1.68. The molecule has 1 aromatic carbocycles. The predicted molar refractivity (Wildman–Crippen MR) is 47.5 cm³/mol. The first-order valence-electron chi connectivity index (χ1n) is 3.55. The second kappa shape index (κ2) is 3.81. The summed E-state index contributed by atoms with van der Waals surface area (Å²) in [5.74, 6) is -0.888. The minimum absolute atomic E-state index is 0.0376. The molecule has 3 N–H and O–H groups in total. The molecule has 0 radical (unpaired) electrons. The Morgan fingerprint density at radius 1 is 1.69 bits per heavy atom. The Morgan fingerprint density at radius 3 is 2.77 bits per heavy atom. The number of halogens is 2. The van der Waals surface area contributed by atoms with Gasteiger partial charge in [0.05, 0.1) is 12.1 Å². The molecule has 0 aliphatic carbocycles. The smallest absolute Gasteiger partial charge is 0.165 e. The number of phenolic OH excluding ortho intramolecular Hbond substituents is 1. The van der Waals surface area contributed by atoms with Gasteiger partial charge in [-0.15, -0.1) is 0 Å². The van der Waals surface area contributed by atoms with Crippen LogP contribution >= 0.6 is 11.6 Å². The minimum Gasteiger partial charge on any atom is -0.504 e. The van der Waals surface area contributed by atoms with Crippen LogP contribution in [-0.2, 0) is 6.54 Å². The Morgan fingerprint density at radius 2 is 2.31 bits per heavy atom. The first kappa shape index (κ1) is 10.1. The first-order chi connectivity index (χ1) is 6.11. The third kappa shape index (κ3) is 1.68. The fraction of sp³-hybridized carbons (Fsp3) is 0.250. The molecule has 0 bridgehead atoms. The minimum atomic E-state index is -0.706. The van der Waals surface area contributed by atoms with Crippen molar-refractivity contribution in [3.8, 4) is 11.5 Å². The van der Waals surface area contributed by atoms with Crippen LogP contribution in [0, 0.1) is 5.82 Å². The standard InChI is InChI=1S/C8H9ClFNO2/c1-13-6-2-5(9)7(10)4(3-11)8(6)12/h2,12H,3,11H2,1H3. The molecule has 0 fully saturated rings. The van der Waals surface area contributed by atoms with Crippen molar-refractivity contribution in [1.29, 1.82) is 0 Å². The van der Waals surface area contributed by atoms with Crippen LogP contribution in [0.4, 0.5) is 4.39 Å². The molecule has 3 nitrogen and oxygen atoms in total. The van der Waals surface area contributed by atoms with E-state index in [1.54, 1.807) is 0 Å². The lowest BCUT2D eigenvalue weighted by molar-refractivity contribution is 0.367. The van der Waals surface area contributed by atoms with Crippen LogP contribution in [0.2, 0.25) is 5.02 Å². The summed E-state index contributed by atoms with van der Waals surface area (Å²) < 4.78 is 17.9. The molecule has 0 heterocycles. The van der Waals surface area contributed by atoms with E-state index in [9.17, 15) is 9.50 Å². The molecule has 0 unspecified atom stereocenters. The number of rotatable bonds is 2. The summed E-state index contributed by atoms with van der Waals surface area (Å²) in [6.45, 7) is -0.130. The van der Waals surface area contributed by atoms with Gasteiger partial charge in [-0.1, -0.05) is 11.6 Å². The lowest BCUT2D eigenvalue weighted by Crippen LogP contribution is -2.02. The van der Waals surface area contributed by atoms with Crippen LogP contribution in [0.1, 0.15) is 5.56 Å². The Balaban J connectivity index is 3.39. The van der Waals surface area contributed by atoms with Gasteiger partial charge in [-0.05, 0) is 0 Å². The highest BCUT2D eigenvalue weighted by molar-refractivity contribution is 6.31. The fourth-order valence-corrected chi connectivity index (χ4v) is 1.20. The molecule has 0 atom stereocenters. The second-order valence-corrected chi connectivity index (χ2v) is 2.81. The van der Waals surface area contributed by atoms with Crippen molar-refractivity contribution < 1.29 is 14.2 Å².